The van der Waals surface area contributed by atoms with Crippen molar-refractivity contribution in [2.45, 2.75) is 0 Å². The summed E-state index contributed by atoms with van der Waals surface area (Å²) in [4.78, 5) is 22.5. The maximum absolute atomic E-state index is 11.4. The van der Waals surface area contributed by atoms with Crippen molar-refractivity contribution < 1.29 is 19.1 Å². The molecule has 0 heterocycles. The molecule has 86 valence electrons. The Hall–Kier alpha value is -0.880. The van der Waals surface area contributed by atoms with E-state index < -0.39 is 11.9 Å². The van der Waals surface area contributed by atoms with Crippen LogP contribution in [0.3, 0.4) is 0 Å². The van der Waals surface area contributed by atoms with Gasteiger partial charge < -0.3 is 9.47 Å². The lowest BCUT2D eigenvalue weighted by Crippen LogP contribution is -2.12. The Labute approximate surface area is 109 Å². The number of esters is 2. The summed E-state index contributed by atoms with van der Waals surface area (Å²) in [5.74, 6) is -0.856. The summed E-state index contributed by atoms with van der Waals surface area (Å²) < 4.78 is 10.3. The predicted molar refractivity (Wildman–Crippen MR) is 64.9 cm³/mol. The molecule has 4 nitrogen and oxygen atoms in total. The van der Waals surface area contributed by atoms with E-state index in [0.29, 0.717) is 4.47 Å². The molecule has 0 aliphatic carbocycles. The molecule has 0 saturated carbocycles. The first kappa shape index (κ1) is 13.2. The number of carbonyl (C=O) groups excluding carboxylic acids is 2. The first-order valence-electron chi connectivity index (χ1n) is 4.23. The van der Waals surface area contributed by atoms with Crippen LogP contribution in [0.5, 0.6) is 5.75 Å². The summed E-state index contributed by atoms with van der Waals surface area (Å²) in [6, 6.07) is 4.73. The van der Waals surface area contributed by atoms with Gasteiger partial charge in [-0.3, -0.25) is 4.79 Å². The van der Waals surface area contributed by atoms with Crippen molar-refractivity contribution in [3.05, 3.63) is 28.2 Å². The van der Waals surface area contributed by atoms with Crippen LogP contribution in [0.4, 0.5) is 0 Å². The number of hydrogen-bond acceptors (Lipinski definition) is 4. The van der Waals surface area contributed by atoms with Crippen LogP contribution in [0.15, 0.2) is 22.7 Å². The van der Waals surface area contributed by atoms with Gasteiger partial charge in [0.2, 0.25) is 0 Å². The highest BCUT2D eigenvalue weighted by Crippen LogP contribution is 2.24. The summed E-state index contributed by atoms with van der Waals surface area (Å²) in [5, 5.41) is 0.0592. The largest absolute Gasteiger partial charge is 0.465 e. The van der Waals surface area contributed by atoms with Gasteiger partial charge in [0.25, 0.3) is 0 Å². The molecule has 1 aromatic rings. The van der Waals surface area contributed by atoms with Crippen molar-refractivity contribution in [2.24, 2.45) is 0 Å². The van der Waals surface area contributed by atoms with E-state index in [1.165, 1.54) is 19.2 Å². The predicted octanol–water partition coefficient (Wildman–Crippen LogP) is 2.54. The molecule has 0 unspecified atom stereocenters. The van der Waals surface area contributed by atoms with Gasteiger partial charge in [-0.2, -0.15) is 0 Å². The van der Waals surface area contributed by atoms with E-state index in [0.717, 1.165) is 0 Å². The number of ether oxygens (including phenoxy) is 2. The molecule has 1 aromatic carbocycles. The van der Waals surface area contributed by atoms with Crippen LogP contribution in [-0.2, 0) is 9.53 Å². The Morgan fingerprint density at radius 2 is 2.06 bits per heavy atom. The lowest BCUT2D eigenvalue weighted by Gasteiger charge is -2.07. The Morgan fingerprint density at radius 1 is 1.38 bits per heavy atom. The number of halogens is 2. The third-order valence-corrected chi connectivity index (χ3v) is 2.63. The van der Waals surface area contributed by atoms with Gasteiger partial charge in [0, 0.05) is 4.47 Å². The number of rotatable bonds is 3. The van der Waals surface area contributed by atoms with Gasteiger partial charge in [0.1, 0.15) is 16.6 Å². The molecule has 0 amide bonds. The van der Waals surface area contributed by atoms with Gasteiger partial charge in [0.15, 0.2) is 0 Å². The summed E-state index contributed by atoms with van der Waals surface area (Å²) in [6.45, 7) is 0. The maximum atomic E-state index is 11.4. The molecule has 0 N–H and O–H groups in total. The fraction of sp³-hybridized carbons (Fsp3) is 0.200. The van der Waals surface area contributed by atoms with E-state index in [1.54, 1.807) is 6.07 Å². The van der Waals surface area contributed by atoms with Gasteiger partial charge >= 0.3 is 11.9 Å². The minimum atomic E-state index is -0.557. The quantitative estimate of drug-likeness (QED) is 0.477. The zero-order chi connectivity index (χ0) is 12.1. The fourth-order valence-corrected chi connectivity index (χ4v) is 1.49. The van der Waals surface area contributed by atoms with E-state index in [1.807, 2.05) is 0 Å². The summed E-state index contributed by atoms with van der Waals surface area (Å²) in [5.41, 5.74) is 0.200. The first-order valence-corrected chi connectivity index (χ1v) is 6.14. The molecule has 0 saturated heterocycles. The molecule has 16 heavy (non-hydrogen) atoms. The smallest absolute Gasteiger partial charge is 0.341 e. The van der Waals surface area contributed by atoms with Crippen LogP contribution in [-0.4, -0.2) is 24.4 Å². The molecule has 0 aliphatic heterocycles. The van der Waals surface area contributed by atoms with E-state index in [2.05, 4.69) is 36.6 Å². The average Bonchev–Trinajstić information content (AvgIpc) is 2.30. The molecular formula is C10H8Br2O4. The number of methoxy groups -OCH3 is 1. The minimum absolute atomic E-state index is 0.0592. The molecule has 0 fully saturated rings. The van der Waals surface area contributed by atoms with Gasteiger partial charge in [-0.1, -0.05) is 31.9 Å². The molecule has 0 aromatic heterocycles. The normalized spacial score (nSPS) is 9.69. The second kappa shape index (κ2) is 6.00. The molecule has 6 heteroatoms. The van der Waals surface area contributed by atoms with Gasteiger partial charge in [0.05, 0.1) is 7.11 Å². The third kappa shape index (κ3) is 3.31. The van der Waals surface area contributed by atoms with E-state index in [4.69, 9.17) is 4.74 Å². The van der Waals surface area contributed by atoms with E-state index >= 15 is 0 Å². The van der Waals surface area contributed by atoms with Crippen LogP contribution >= 0.6 is 31.9 Å². The average molecular weight is 352 g/mol. The van der Waals surface area contributed by atoms with Crippen LogP contribution in [0.1, 0.15) is 10.4 Å². The minimum Gasteiger partial charge on any atom is -0.465 e. The topological polar surface area (TPSA) is 52.6 Å². The number of carbonyl (C=O) groups is 2. The van der Waals surface area contributed by atoms with Gasteiger partial charge in [-0.05, 0) is 18.2 Å². The van der Waals surface area contributed by atoms with Crippen LogP contribution in [0.25, 0.3) is 0 Å². The van der Waals surface area contributed by atoms with Crippen LogP contribution in [0.2, 0.25) is 0 Å². The van der Waals surface area contributed by atoms with Crippen molar-refractivity contribution in [1.82, 2.24) is 0 Å². The molecule has 0 bridgehead atoms. The molecular weight excluding hydrogens is 344 g/mol. The molecule has 0 atom stereocenters. The van der Waals surface area contributed by atoms with Crippen molar-refractivity contribution in [3.8, 4) is 5.75 Å². The summed E-state index contributed by atoms with van der Waals surface area (Å²) >= 11 is 6.18. The number of benzene rings is 1. The van der Waals surface area contributed by atoms with Crippen molar-refractivity contribution >= 4 is 43.8 Å². The standard InChI is InChI=1S/C10H8Br2O4/c1-15-10(14)7-4-6(12)2-3-8(7)16-9(13)5-11/h2-4H,5H2,1H3. The molecule has 0 radical (unpaired) electrons. The molecule has 0 aliphatic rings. The highest BCUT2D eigenvalue weighted by molar-refractivity contribution is 9.10. The molecule has 0 spiro atoms. The highest BCUT2D eigenvalue weighted by Gasteiger charge is 2.15. The van der Waals surface area contributed by atoms with Crippen molar-refractivity contribution in [2.75, 3.05) is 12.4 Å². The lowest BCUT2D eigenvalue weighted by molar-refractivity contribution is -0.131. The van der Waals surface area contributed by atoms with Crippen molar-refractivity contribution in [3.63, 3.8) is 0 Å². The van der Waals surface area contributed by atoms with E-state index in [9.17, 15) is 9.59 Å². The Balaban J connectivity index is 3.07. The molecule has 1 rings (SSSR count). The summed E-state index contributed by atoms with van der Waals surface area (Å²) in [6.07, 6.45) is 0. The maximum Gasteiger partial charge on any atom is 0.341 e. The number of hydrogen-bond donors (Lipinski definition) is 0. The first-order chi connectivity index (χ1) is 7.58. The Morgan fingerprint density at radius 3 is 2.62 bits per heavy atom. The van der Waals surface area contributed by atoms with Crippen LogP contribution < -0.4 is 4.74 Å². The zero-order valence-electron chi connectivity index (χ0n) is 8.33. The zero-order valence-corrected chi connectivity index (χ0v) is 11.5. The Kier molecular flexibility index (Phi) is 4.95. The third-order valence-electron chi connectivity index (χ3n) is 1.68. The SMILES string of the molecule is COC(=O)c1cc(Br)ccc1OC(=O)CBr. The fourth-order valence-electron chi connectivity index (χ4n) is 1.01. The second-order valence-electron chi connectivity index (χ2n) is 2.74. The van der Waals surface area contributed by atoms with Crippen molar-refractivity contribution in [1.29, 1.82) is 0 Å². The second-order valence-corrected chi connectivity index (χ2v) is 4.22. The number of alkyl halides is 1. The summed E-state index contributed by atoms with van der Waals surface area (Å²) in [7, 11) is 1.26. The highest BCUT2D eigenvalue weighted by atomic mass is 79.9. The van der Waals surface area contributed by atoms with Crippen LogP contribution in [0, 0.1) is 0 Å². The lowest BCUT2D eigenvalue weighted by atomic mass is 10.2. The van der Waals surface area contributed by atoms with Gasteiger partial charge in [-0.25, -0.2) is 4.79 Å². The Bertz CT molecular complexity index is 417. The van der Waals surface area contributed by atoms with Gasteiger partial charge in [-0.15, -0.1) is 0 Å². The monoisotopic (exact) mass is 350 g/mol. The van der Waals surface area contributed by atoms with E-state index in [-0.39, 0.29) is 16.6 Å².